The first-order valence-corrected chi connectivity index (χ1v) is 9.46. The van der Waals surface area contributed by atoms with Crippen molar-refractivity contribution in [3.8, 4) is 0 Å². The van der Waals surface area contributed by atoms with Crippen LogP contribution >= 0.6 is 23.4 Å². The van der Waals surface area contributed by atoms with Crippen LogP contribution in [-0.2, 0) is 9.59 Å². The van der Waals surface area contributed by atoms with Crippen LogP contribution in [0.5, 0.6) is 0 Å². The van der Waals surface area contributed by atoms with Gasteiger partial charge >= 0.3 is 0 Å². The first-order valence-electron chi connectivity index (χ1n) is 8.20. The van der Waals surface area contributed by atoms with E-state index in [9.17, 15) is 14.0 Å². The largest absolute Gasteiger partial charge is 0.326 e. The van der Waals surface area contributed by atoms with Gasteiger partial charge in [0.2, 0.25) is 11.8 Å². The summed E-state index contributed by atoms with van der Waals surface area (Å²) in [4.78, 5) is 28.7. The molecule has 5 nitrogen and oxygen atoms in total. The number of amidine groups is 1. The molecule has 1 atom stereocenters. The van der Waals surface area contributed by atoms with Crippen molar-refractivity contribution < 1.29 is 14.0 Å². The van der Waals surface area contributed by atoms with E-state index in [1.807, 2.05) is 32.0 Å². The van der Waals surface area contributed by atoms with Crippen molar-refractivity contribution in [3.05, 3.63) is 58.4 Å². The van der Waals surface area contributed by atoms with Crippen LogP contribution < -0.4 is 10.6 Å². The van der Waals surface area contributed by atoms with E-state index in [-0.39, 0.29) is 23.3 Å². The molecule has 27 heavy (non-hydrogen) atoms. The second kappa shape index (κ2) is 8.10. The number of rotatable bonds is 4. The Labute approximate surface area is 165 Å². The highest BCUT2D eigenvalue weighted by molar-refractivity contribution is 8.15. The van der Waals surface area contributed by atoms with Gasteiger partial charge in [-0.05, 0) is 43.7 Å². The number of anilines is 1. The van der Waals surface area contributed by atoms with Crippen molar-refractivity contribution >= 4 is 51.7 Å². The van der Waals surface area contributed by atoms with E-state index in [4.69, 9.17) is 11.6 Å². The number of carbonyl (C=O) groups excluding carboxylic acids is 2. The quantitative estimate of drug-likeness (QED) is 0.794. The minimum atomic E-state index is -0.578. The molecule has 1 saturated heterocycles. The Bertz CT molecular complexity index is 949. The highest BCUT2D eigenvalue weighted by Crippen LogP contribution is 2.27. The average molecular weight is 406 g/mol. The number of aliphatic imine (C=N–C) groups is 1. The summed E-state index contributed by atoms with van der Waals surface area (Å²) >= 11 is 6.89. The Kier molecular flexibility index (Phi) is 5.82. The summed E-state index contributed by atoms with van der Waals surface area (Å²) in [6.45, 7) is 3.89. The minimum Gasteiger partial charge on any atom is -0.326 e. The van der Waals surface area contributed by atoms with Crippen molar-refractivity contribution in [3.63, 3.8) is 0 Å². The summed E-state index contributed by atoms with van der Waals surface area (Å²) in [5.41, 5.74) is 3.22. The van der Waals surface area contributed by atoms with Crippen LogP contribution in [-0.4, -0.2) is 22.2 Å². The molecule has 3 rings (SSSR count). The Balaban J connectivity index is 1.64. The van der Waals surface area contributed by atoms with Crippen LogP contribution in [0, 0.1) is 19.7 Å². The molecule has 0 aromatic heterocycles. The number of aryl methyl sites for hydroxylation is 2. The SMILES string of the molecule is Cc1ccc(NC(=O)C[C@H]2SC(=Nc3ccc(F)c(Cl)c3)NC2=O)c(C)c1. The lowest BCUT2D eigenvalue weighted by Crippen LogP contribution is -2.28. The van der Waals surface area contributed by atoms with Crippen molar-refractivity contribution in [2.24, 2.45) is 4.99 Å². The van der Waals surface area contributed by atoms with Crippen LogP contribution in [0.2, 0.25) is 5.02 Å². The summed E-state index contributed by atoms with van der Waals surface area (Å²) in [5.74, 6) is -1.08. The smallest absolute Gasteiger partial charge is 0.240 e. The maximum absolute atomic E-state index is 13.2. The summed E-state index contributed by atoms with van der Waals surface area (Å²) in [6.07, 6.45) is 0.0208. The Morgan fingerprint density at radius 1 is 1.30 bits per heavy atom. The molecule has 0 bridgehead atoms. The fourth-order valence-corrected chi connectivity index (χ4v) is 3.75. The minimum absolute atomic E-state index is 0.0208. The lowest BCUT2D eigenvalue weighted by atomic mass is 10.1. The van der Waals surface area contributed by atoms with Crippen LogP contribution in [0.1, 0.15) is 17.5 Å². The third-order valence-electron chi connectivity index (χ3n) is 3.94. The molecule has 2 amide bonds. The number of hydrogen-bond donors (Lipinski definition) is 2. The molecule has 0 saturated carbocycles. The summed E-state index contributed by atoms with van der Waals surface area (Å²) in [5, 5.41) is 5.19. The number of benzene rings is 2. The summed E-state index contributed by atoms with van der Waals surface area (Å²) in [6, 6.07) is 9.77. The molecule has 1 heterocycles. The molecular weight excluding hydrogens is 389 g/mol. The first-order chi connectivity index (χ1) is 12.8. The molecule has 0 aliphatic carbocycles. The molecule has 2 N–H and O–H groups in total. The van der Waals surface area contributed by atoms with Gasteiger partial charge in [0.25, 0.3) is 0 Å². The second-order valence-corrected chi connectivity index (χ2v) is 7.78. The summed E-state index contributed by atoms with van der Waals surface area (Å²) < 4.78 is 13.2. The van der Waals surface area contributed by atoms with Crippen molar-refractivity contribution in [1.82, 2.24) is 5.32 Å². The molecule has 0 spiro atoms. The van der Waals surface area contributed by atoms with Gasteiger partial charge in [0, 0.05) is 12.1 Å². The third kappa shape index (κ3) is 4.87. The van der Waals surface area contributed by atoms with Crippen molar-refractivity contribution in [2.75, 3.05) is 5.32 Å². The fourth-order valence-electron chi connectivity index (χ4n) is 2.59. The third-order valence-corrected chi connectivity index (χ3v) is 5.31. The zero-order valence-corrected chi connectivity index (χ0v) is 16.2. The topological polar surface area (TPSA) is 70.6 Å². The molecule has 8 heteroatoms. The van der Waals surface area contributed by atoms with Gasteiger partial charge in [-0.1, -0.05) is 41.1 Å². The monoisotopic (exact) mass is 405 g/mol. The van der Waals surface area contributed by atoms with Crippen molar-refractivity contribution in [1.29, 1.82) is 0 Å². The number of amides is 2. The van der Waals surface area contributed by atoms with Gasteiger partial charge in [0.15, 0.2) is 5.17 Å². The molecule has 2 aromatic rings. The maximum atomic E-state index is 13.2. The van der Waals surface area contributed by atoms with Gasteiger partial charge in [-0.2, -0.15) is 0 Å². The van der Waals surface area contributed by atoms with E-state index >= 15 is 0 Å². The number of halogens is 2. The predicted molar refractivity (Wildman–Crippen MR) is 107 cm³/mol. The highest BCUT2D eigenvalue weighted by Gasteiger charge is 2.32. The summed E-state index contributed by atoms with van der Waals surface area (Å²) in [7, 11) is 0. The standard InChI is InChI=1S/C19H17ClFN3O2S/c1-10-3-6-15(11(2)7-10)23-17(25)9-16-18(26)24-19(27-16)22-12-4-5-14(21)13(20)8-12/h3-8,16H,9H2,1-2H3,(H,23,25)(H,22,24,26)/t16-/m1/s1. The van der Waals surface area contributed by atoms with Gasteiger partial charge in [-0.25, -0.2) is 9.38 Å². The van der Waals surface area contributed by atoms with E-state index in [0.717, 1.165) is 28.6 Å². The molecule has 1 fully saturated rings. The Morgan fingerprint density at radius 3 is 2.78 bits per heavy atom. The fraction of sp³-hybridized carbons (Fsp3) is 0.211. The van der Waals surface area contributed by atoms with Gasteiger partial charge < -0.3 is 10.6 Å². The zero-order valence-electron chi connectivity index (χ0n) is 14.7. The van der Waals surface area contributed by atoms with E-state index in [1.54, 1.807) is 0 Å². The number of nitrogens with zero attached hydrogens (tertiary/aromatic N) is 1. The van der Waals surface area contributed by atoms with Gasteiger partial charge in [0.05, 0.1) is 10.7 Å². The molecule has 140 valence electrons. The van der Waals surface area contributed by atoms with Crippen LogP contribution in [0.4, 0.5) is 15.8 Å². The second-order valence-electron chi connectivity index (χ2n) is 6.18. The lowest BCUT2D eigenvalue weighted by Gasteiger charge is -2.10. The van der Waals surface area contributed by atoms with Gasteiger partial charge in [0.1, 0.15) is 11.1 Å². The Morgan fingerprint density at radius 2 is 2.07 bits per heavy atom. The maximum Gasteiger partial charge on any atom is 0.240 e. The van der Waals surface area contributed by atoms with Crippen LogP contribution in [0.15, 0.2) is 41.4 Å². The van der Waals surface area contributed by atoms with Crippen molar-refractivity contribution in [2.45, 2.75) is 25.5 Å². The number of hydrogen-bond acceptors (Lipinski definition) is 4. The average Bonchev–Trinajstić information content (AvgIpc) is 2.93. The highest BCUT2D eigenvalue weighted by atomic mass is 35.5. The molecule has 0 radical (unpaired) electrons. The zero-order chi connectivity index (χ0) is 19.6. The first kappa shape index (κ1) is 19.4. The lowest BCUT2D eigenvalue weighted by molar-refractivity contribution is -0.122. The molecule has 0 unspecified atom stereocenters. The molecular formula is C19H17ClFN3O2S. The number of nitrogens with one attached hydrogen (secondary N) is 2. The normalized spacial score (nSPS) is 17.9. The van der Waals surface area contributed by atoms with Crippen LogP contribution in [0.25, 0.3) is 0 Å². The predicted octanol–water partition coefficient (Wildman–Crippen LogP) is 4.34. The molecule has 1 aliphatic rings. The van der Waals surface area contributed by atoms with E-state index in [2.05, 4.69) is 15.6 Å². The van der Waals surface area contributed by atoms with E-state index in [1.165, 1.54) is 18.2 Å². The van der Waals surface area contributed by atoms with E-state index in [0.29, 0.717) is 10.9 Å². The number of carbonyl (C=O) groups is 2. The Hall–Kier alpha value is -2.38. The van der Waals surface area contributed by atoms with Gasteiger partial charge in [-0.3, -0.25) is 9.59 Å². The molecule has 1 aliphatic heterocycles. The van der Waals surface area contributed by atoms with E-state index < -0.39 is 11.1 Å². The number of thioether (sulfide) groups is 1. The molecule has 2 aromatic carbocycles. The van der Waals surface area contributed by atoms with Crippen LogP contribution in [0.3, 0.4) is 0 Å². The van der Waals surface area contributed by atoms with Gasteiger partial charge in [-0.15, -0.1) is 0 Å².